The number of ether oxygens (including phenoxy) is 1. The summed E-state index contributed by atoms with van der Waals surface area (Å²) >= 11 is 0. The Bertz CT molecular complexity index is 1290. The smallest absolute Gasteiger partial charge is 0.406 e. The zero-order valence-electron chi connectivity index (χ0n) is 16.9. The Morgan fingerprint density at radius 3 is 2.27 bits per heavy atom. The van der Waals surface area contributed by atoms with Crippen LogP contribution in [-0.2, 0) is 10.0 Å². The van der Waals surface area contributed by atoms with Crippen LogP contribution in [0.1, 0.15) is 0 Å². The number of anilines is 1. The van der Waals surface area contributed by atoms with E-state index >= 15 is 0 Å². The molecule has 33 heavy (non-hydrogen) atoms. The molecule has 2 aromatic carbocycles. The molecule has 0 radical (unpaired) electrons. The first-order valence-corrected chi connectivity index (χ1v) is 11.1. The van der Waals surface area contributed by atoms with Gasteiger partial charge >= 0.3 is 12.0 Å². The van der Waals surface area contributed by atoms with Crippen molar-refractivity contribution in [3.63, 3.8) is 0 Å². The van der Waals surface area contributed by atoms with Crippen molar-refractivity contribution in [3.8, 4) is 5.75 Å². The molecule has 1 fully saturated rings. The van der Waals surface area contributed by atoms with E-state index < -0.39 is 27.1 Å². The standard InChI is InChI=1S/C20H17F3N4O5S/c21-20(22,23)32-14-3-5-15(6-4-14)33(30,31)26-12-10-25(11-13-26)18-8-7-17-16(2-1-9-24-17)19(18)27(28)29/h1-9H,10-13H2. The topological polar surface area (TPSA) is 106 Å². The van der Waals surface area contributed by atoms with Gasteiger partial charge in [-0.3, -0.25) is 15.1 Å². The summed E-state index contributed by atoms with van der Waals surface area (Å²) in [6, 6.07) is 10.4. The first-order valence-electron chi connectivity index (χ1n) is 9.69. The molecule has 0 saturated carbocycles. The maximum Gasteiger partial charge on any atom is 0.573 e. The molecular formula is C20H17F3N4O5S. The van der Waals surface area contributed by atoms with E-state index in [0.29, 0.717) is 16.6 Å². The van der Waals surface area contributed by atoms with Crippen LogP contribution < -0.4 is 9.64 Å². The largest absolute Gasteiger partial charge is 0.573 e. The Labute approximate surface area is 186 Å². The van der Waals surface area contributed by atoms with Gasteiger partial charge < -0.3 is 9.64 Å². The minimum atomic E-state index is -4.88. The maximum atomic E-state index is 12.9. The van der Waals surface area contributed by atoms with E-state index in [2.05, 4.69) is 9.72 Å². The molecule has 0 atom stereocenters. The monoisotopic (exact) mass is 482 g/mol. The number of benzene rings is 2. The van der Waals surface area contributed by atoms with E-state index in [-0.39, 0.29) is 36.8 Å². The molecule has 9 nitrogen and oxygen atoms in total. The van der Waals surface area contributed by atoms with Gasteiger partial charge in [-0.15, -0.1) is 13.2 Å². The van der Waals surface area contributed by atoms with Crippen LogP contribution >= 0.6 is 0 Å². The average Bonchev–Trinajstić information content (AvgIpc) is 2.77. The summed E-state index contributed by atoms with van der Waals surface area (Å²) in [5.41, 5.74) is 0.746. The Balaban J connectivity index is 1.52. The van der Waals surface area contributed by atoms with Gasteiger partial charge in [0.15, 0.2) is 0 Å². The van der Waals surface area contributed by atoms with Gasteiger partial charge in [0.25, 0.3) is 0 Å². The Kier molecular flexibility index (Phi) is 5.84. The van der Waals surface area contributed by atoms with Crippen LogP contribution in [0.15, 0.2) is 59.6 Å². The van der Waals surface area contributed by atoms with Crippen molar-refractivity contribution in [1.82, 2.24) is 9.29 Å². The molecule has 0 N–H and O–H groups in total. The van der Waals surface area contributed by atoms with Gasteiger partial charge in [-0.2, -0.15) is 4.31 Å². The third kappa shape index (κ3) is 4.68. The van der Waals surface area contributed by atoms with Crippen LogP contribution in [-0.4, -0.2) is 55.2 Å². The summed E-state index contributed by atoms with van der Waals surface area (Å²) in [4.78, 5) is 17.0. The zero-order valence-corrected chi connectivity index (χ0v) is 17.7. The minimum absolute atomic E-state index is 0.0470. The van der Waals surface area contributed by atoms with Gasteiger partial charge in [-0.25, -0.2) is 8.42 Å². The second kappa shape index (κ2) is 8.48. The Hall–Kier alpha value is -3.45. The summed E-state index contributed by atoms with van der Waals surface area (Å²) in [5.74, 6) is -0.524. The second-order valence-electron chi connectivity index (χ2n) is 7.17. The number of alkyl halides is 3. The molecule has 13 heteroatoms. The number of halogens is 3. The number of fused-ring (bicyclic) bond motifs is 1. The fourth-order valence-corrected chi connectivity index (χ4v) is 5.13. The van der Waals surface area contributed by atoms with Crippen molar-refractivity contribution in [2.75, 3.05) is 31.1 Å². The van der Waals surface area contributed by atoms with Crippen LogP contribution in [0.25, 0.3) is 10.9 Å². The third-order valence-electron chi connectivity index (χ3n) is 5.19. The van der Waals surface area contributed by atoms with Gasteiger partial charge in [0.1, 0.15) is 11.4 Å². The number of nitrogens with zero attached hydrogens (tertiary/aromatic N) is 4. The van der Waals surface area contributed by atoms with Gasteiger partial charge in [-0.05, 0) is 48.5 Å². The number of nitro benzene ring substituents is 1. The fourth-order valence-electron chi connectivity index (χ4n) is 3.70. The predicted octanol–water partition coefficient (Wildman–Crippen LogP) is 3.55. The van der Waals surface area contributed by atoms with Crippen LogP contribution in [0.5, 0.6) is 5.75 Å². The molecule has 0 spiro atoms. The van der Waals surface area contributed by atoms with Crippen LogP contribution in [0.3, 0.4) is 0 Å². The lowest BCUT2D eigenvalue weighted by molar-refractivity contribution is -0.382. The third-order valence-corrected chi connectivity index (χ3v) is 7.11. The first kappa shape index (κ1) is 22.7. The molecule has 3 aromatic rings. The SMILES string of the molecule is O=[N+]([O-])c1c(N2CCN(S(=O)(=O)c3ccc(OC(F)(F)F)cc3)CC2)ccc2ncccc12. The highest BCUT2D eigenvalue weighted by Gasteiger charge is 2.33. The van der Waals surface area contributed by atoms with Gasteiger partial charge in [0.2, 0.25) is 10.0 Å². The Morgan fingerprint density at radius 1 is 1.00 bits per heavy atom. The summed E-state index contributed by atoms with van der Waals surface area (Å²) in [5, 5.41) is 12.2. The van der Waals surface area contributed by atoms with E-state index in [4.69, 9.17) is 0 Å². The Morgan fingerprint density at radius 2 is 1.67 bits per heavy atom. The number of aromatic nitrogens is 1. The lowest BCUT2D eigenvalue weighted by Crippen LogP contribution is -2.48. The number of hydrogen-bond acceptors (Lipinski definition) is 7. The minimum Gasteiger partial charge on any atom is -0.406 e. The summed E-state index contributed by atoms with van der Waals surface area (Å²) in [6.45, 7) is 0.485. The molecule has 2 heterocycles. The number of hydrogen-bond donors (Lipinski definition) is 0. The van der Waals surface area contributed by atoms with E-state index in [1.54, 1.807) is 29.2 Å². The maximum absolute atomic E-state index is 12.9. The number of sulfonamides is 1. The molecule has 0 amide bonds. The van der Waals surface area contributed by atoms with Crippen molar-refractivity contribution in [3.05, 3.63) is 64.8 Å². The lowest BCUT2D eigenvalue weighted by Gasteiger charge is -2.35. The summed E-state index contributed by atoms with van der Waals surface area (Å²) in [6.07, 6.45) is -3.34. The van der Waals surface area contributed by atoms with Crippen molar-refractivity contribution in [2.24, 2.45) is 0 Å². The van der Waals surface area contributed by atoms with Gasteiger partial charge in [0, 0.05) is 32.4 Å². The van der Waals surface area contributed by atoms with E-state index in [0.717, 1.165) is 24.3 Å². The molecule has 1 aliphatic rings. The number of piperazine rings is 1. The molecular weight excluding hydrogens is 465 g/mol. The highest BCUT2D eigenvalue weighted by molar-refractivity contribution is 7.89. The highest BCUT2D eigenvalue weighted by Crippen LogP contribution is 2.36. The van der Waals surface area contributed by atoms with Crippen molar-refractivity contribution < 1.29 is 31.2 Å². The van der Waals surface area contributed by atoms with Gasteiger partial charge in [0.05, 0.1) is 20.7 Å². The fraction of sp³-hybridized carbons (Fsp3) is 0.250. The summed E-state index contributed by atoms with van der Waals surface area (Å²) < 4.78 is 67.7. The average molecular weight is 482 g/mol. The quantitative estimate of drug-likeness (QED) is 0.404. The molecule has 0 aliphatic carbocycles. The van der Waals surface area contributed by atoms with E-state index in [9.17, 15) is 31.7 Å². The molecule has 174 valence electrons. The van der Waals surface area contributed by atoms with Crippen LogP contribution in [0.2, 0.25) is 0 Å². The van der Waals surface area contributed by atoms with Gasteiger partial charge in [-0.1, -0.05) is 0 Å². The molecule has 1 aliphatic heterocycles. The molecule has 0 unspecified atom stereocenters. The number of rotatable bonds is 5. The van der Waals surface area contributed by atoms with Crippen molar-refractivity contribution >= 4 is 32.3 Å². The van der Waals surface area contributed by atoms with Crippen molar-refractivity contribution in [1.29, 1.82) is 0 Å². The molecule has 1 saturated heterocycles. The number of nitro groups is 1. The summed E-state index contributed by atoms with van der Waals surface area (Å²) in [7, 11) is -3.96. The molecule has 1 aromatic heterocycles. The lowest BCUT2D eigenvalue weighted by atomic mass is 10.1. The normalized spacial score (nSPS) is 15.5. The van der Waals surface area contributed by atoms with E-state index in [1.165, 1.54) is 10.5 Å². The van der Waals surface area contributed by atoms with Crippen LogP contribution in [0.4, 0.5) is 24.5 Å². The first-order chi connectivity index (χ1) is 15.6. The van der Waals surface area contributed by atoms with Crippen LogP contribution in [0, 0.1) is 10.1 Å². The van der Waals surface area contributed by atoms with Crippen molar-refractivity contribution in [2.45, 2.75) is 11.3 Å². The number of pyridine rings is 1. The predicted molar refractivity (Wildman–Crippen MR) is 112 cm³/mol. The second-order valence-corrected chi connectivity index (χ2v) is 9.11. The van der Waals surface area contributed by atoms with E-state index in [1.807, 2.05) is 0 Å². The highest BCUT2D eigenvalue weighted by atomic mass is 32.2. The molecule has 4 rings (SSSR count). The zero-order chi connectivity index (χ0) is 23.8. The molecule has 0 bridgehead atoms.